The summed E-state index contributed by atoms with van der Waals surface area (Å²) in [5.41, 5.74) is 0. The molecule has 0 unspecified atom stereocenters. The molecule has 0 spiro atoms. The summed E-state index contributed by atoms with van der Waals surface area (Å²) >= 11 is 0. The first kappa shape index (κ1) is 7.33. The minimum atomic E-state index is -0.0347. The van der Waals surface area contributed by atoms with Gasteiger partial charge in [-0.2, -0.15) is 0 Å². The predicted molar refractivity (Wildman–Crippen MR) is 35.2 cm³/mol. The molecule has 0 saturated heterocycles. The zero-order chi connectivity index (χ0) is 6.57. The van der Waals surface area contributed by atoms with Crippen LogP contribution >= 0.6 is 0 Å². The number of hydrogen-bond donors (Lipinski definition) is 1. The highest BCUT2D eigenvalue weighted by Crippen LogP contribution is 1.76. The monoisotopic (exact) mass is 114 g/mol. The van der Waals surface area contributed by atoms with Crippen molar-refractivity contribution in [3.63, 3.8) is 0 Å². The van der Waals surface area contributed by atoms with E-state index >= 15 is 0 Å². The Hall–Kier alpha value is -0.665. The Morgan fingerprint density at radius 2 is 2.25 bits per heavy atom. The summed E-state index contributed by atoms with van der Waals surface area (Å²) in [7, 11) is 4.12. The van der Waals surface area contributed by atoms with E-state index in [9.17, 15) is 4.79 Å². The van der Waals surface area contributed by atoms with E-state index in [4.69, 9.17) is 0 Å². The molecule has 0 saturated carbocycles. The van der Waals surface area contributed by atoms with Crippen LogP contribution in [0.15, 0.2) is 0 Å². The Kier molecular flexibility index (Phi) is 3.07. The molecule has 0 bridgehead atoms. The maximum atomic E-state index is 10.6. The Balaban J connectivity index is 3.46. The van der Waals surface area contributed by atoms with Crippen molar-refractivity contribution in [2.45, 2.75) is 6.82 Å². The van der Waals surface area contributed by atoms with Crippen molar-refractivity contribution >= 4 is 13.4 Å². The fourth-order valence-corrected chi connectivity index (χ4v) is 0.334. The van der Waals surface area contributed by atoms with Gasteiger partial charge in [-0.3, -0.25) is 4.79 Å². The van der Waals surface area contributed by atoms with Crippen LogP contribution in [0.5, 0.6) is 0 Å². The molecule has 0 fully saturated rings. The maximum Gasteiger partial charge on any atom is 0.304 e. The molecule has 46 valence electrons. The van der Waals surface area contributed by atoms with E-state index in [0.717, 1.165) is 7.41 Å². The highest BCUT2D eigenvalue weighted by Gasteiger charge is 2.00. The Labute approximate surface area is 50.3 Å². The average Bonchev–Trinajstić information content (AvgIpc) is 1.84. The van der Waals surface area contributed by atoms with Gasteiger partial charge < -0.3 is 10.1 Å². The second-order valence-electron chi connectivity index (χ2n) is 1.57. The van der Waals surface area contributed by atoms with Crippen molar-refractivity contribution in [3.8, 4) is 0 Å². The van der Waals surface area contributed by atoms with Crippen LogP contribution in [0, 0.1) is 0 Å². The number of amides is 2. The normalized spacial score (nSPS) is 7.88. The van der Waals surface area contributed by atoms with Gasteiger partial charge in [0, 0.05) is 7.05 Å². The van der Waals surface area contributed by atoms with Gasteiger partial charge in [-0.15, -0.1) is 0 Å². The third-order valence-corrected chi connectivity index (χ3v) is 1.03. The molecule has 0 aromatic heterocycles. The van der Waals surface area contributed by atoms with Gasteiger partial charge in [0.1, 0.15) is 0 Å². The fraction of sp³-hybridized carbons (Fsp3) is 0.750. The number of nitrogens with zero attached hydrogens (tertiary/aromatic N) is 1. The molecule has 0 rings (SSSR count). The molecule has 1 N–H and O–H groups in total. The molecule has 0 aliphatic rings. The quantitative estimate of drug-likeness (QED) is 0.464. The van der Waals surface area contributed by atoms with Gasteiger partial charge >= 0.3 is 6.03 Å². The molecule has 0 radical (unpaired) electrons. The molecular weight excluding hydrogens is 103 g/mol. The lowest BCUT2D eigenvalue weighted by atomic mass is 9.98. The number of nitrogens with one attached hydrogen (secondary N) is 1. The molecular formula is C4H11BN2O. The Morgan fingerprint density at radius 3 is 2.38 bits per heavy atom. The smallest absolute Gasteiger partial charge is 0.304 e. The van der Waals surface area contributed by atoms with E-state index in [-0.39, 0.29) is 6.03 Å². The first-order valence-corrected chi connectivity index (χ1v) is 2.65. The molecule has 2 amide bonds. The summed E-state index contributed by atoms with van der Waals surface area (Å²) in [5.74, 6) is 0. The predicted octanol–water partition coefficient (Wildman–Crippen LogP) is -0.343. The van der Waals surface area contributed by atoms with Crippen LogP contribution in [0.3, 0.4) is 0 Å². The van der Waals surface area contributed by atoms with E-state index < -0.39 is 0 Å². The standard InChI is InChI=1S/C4H11BN2O/c1-5-7(3)4(8)6-2/h5H,1-3H3,(H,6,8). The van der Waals surface area contributed by atoms with E-state index in [2.05, 4.69) is 5.32 Å². The molecule has 0 aliphatic heterocycles. The van der Waals surface area contributed by atoms with Crippen molar-refractivity contribution in [1.29, 1.82) is 0 Å². The first-order chi connectivity index (χ1) is 3.72. The molecule has 0 aromatic carbocycles. The van der Waals surface area contributed by atoms with Crippen LogP contribution in [-0.4, -0.2) is 32.4 Å². The minimum absolute atomic E-state index is 0.0347. The SMILES string of the molecule is CBN(C)C(=O)NC. The zero-order valence-corrected chi connectivity index (χ0v) is 5.56. The minimum Gasteiger partial charge on any atom is -0.376 e. The third kappa shape index (κ3) is 1.86. The lowest BCUT2D eigenvalue weighted by molar-refractivity contribution is 0.231. The molecule has 4 heteroatoms. The molecule has 0 aromatic rings. The average molecular weight is 114 g/mol. The fourth-order valence-electron chi connectivity index (χ4n) is 0.334. The van der Waals surface area contributed by atoms with Crippen LogP contribution in [0.25, 0.3) is 0 Å². The van der Waals surface area contributed by atoms with E-state index in [1.54, 1.807) is 18.9 Å². The van der Waals surface area contributed by atoms with Crippen LogP contribution in [0.1, 0.15) is 0 Å². The topological polar surface area (TPSA) is 32.3 Å². The van der Waals surface area contributed by atoms with Gasteiger partial charge in [0.15, 0.2) is 0 Å². The molecule has 8 heavy (non-hydrogen) atoms. The molecule has 0 atom stereocenters. The Morgan fingerprint density at radius 1 is 1.75 bits per heavy atom. The lowest BCUT2D eigenvalue weighted by Crippen LogP contribution is -2.36. The van der Waals surface area contributed by atoms with Crippen molar-refractivity contribution in [2.24, 2.45) is 0 Å². The van der Waals surface area contributed by atoms with Crippen LogP contribution in [-0.2, 0) is 0 Å². The molecule has 0 heterocycles. The van der Waals surface area contributed by atoms with Crippen LogP contribution < -0.4 is 5.32 Å². The van der Waals surface area contributed by atoms with Gasteiger partial charge in [0.2, 0.25) is 7.41 Å². The van der Waals surface area contributed by atoms with Crippen molar-refractivity contribution in [3.05, 3.63) is 0 Å². The van der Waals surface area contributed by atoms with Crippen molar-refractivity contribution in [1.82, 2.24) is 10.1 Å². The Bertz CT molecular complexity index is 86.1. The third-order valence-electron chi connectivity index (χ3n) is 1.03. The van der Waals surface area contributed by atoms with Crippen LogP contribution in [0.4, 0.5) is 4.79 Å². The molecule has 0 aliphatic carbocycles. The largest absolute Gasteiger partial charge is 0.376 e. The maximum absolute atomic E-state index is 10.6. The summed E-state index contributed by atoms with van der Waals surface area (Å²) in [5, 5.41) is 2.50. The number of carbonyl (C=O) groups is 1. The van der Waals surface area contributed by atoms with Gasteiger partial charge in [-0.25, -0.2) is 0 Å². The zero-order valence-electron chi connectivity index (χ0n) is 5.56. The highest BCUT2D eigenvalue weighted by atomic mass is 16.2. The van der Waals surface area contributed by atoms with E-state index in [1.165, 1.54) is 0 Å². The van der Waals surface area contributed by atoms with Gasteiger partial charge in [-0.1, -0.05) is 6.82 Å². The second-order valence-corrected chi connectivity index (χ2v) is 1.57. The summed E-state index contributed by atoms with van der Waals surface area (Å²) in [6, 6.07) is -0.0347. The number of rotatable bonds is 1. The first-order valence-electron chi connectivity index (χ1n) is 2.65. The number of hydrogen-bond acceptors (Lipinski definition) is 1. The second kappa shape index (κ2) is 3.35. The number of carbonyl (C=O) groups excluding carboxylic acids is 1. The summed E-state index contributed by atoms with van der Waals surface area (Å²) in [4.78, 5) is 12.2. The summed E-state index contributed by atoms with van der Waals surface area (Å²) < 4.78 is 0. The van der Waals surface area contributed by atoms with E-state index in [1.807, 2.05) is 6.82 Å². The van der Waals surface area contributed by atoms with Crippen LogP contribution in [0.2, 0.25) is 6.82 Å². The summed E-state index contributed by atoms with van der Waals surface area (Å²) in [6.07, 6.45) is 0. The van der Waals surface area contributed by atoms with Crippen molar-refractivity contribution < 1.29 is 4.79 Å². The van der Waals surface area contributed by atoms with Gasteiger partial charge in [-0.05, 0) is 7.05 Å². The molecule has 3 nitrogen and oxygen atoms in total. The van der Waals surface area contributed by atoms with Crippen molar-refractivity contribution in [2.75, 3.05) is 14.1 Å². The van der Waals surface area contributed by atoms with E-state index in [0.29, 0.717) is 0 Å². The van der Waals surface area contributed by atoms with Gasteiger partial charge in [0.05, 0.1) is 0 Å². The lowest BCUT2D eigenvalue weighted by Gasteiger charge is -2.11. The number of urea groups is 1. The van der Waals surface area contributed by atoms with Gasteiger partial charge in [0.25, 0.3) is 0 Å². The highest BCUT2D eigenvalue weighted by molar-refractivity contribution is 6.34. The summed E-state index contributed by atoms with van der Waals surface area (Å²) in [6.45, 7) is 1.93.